The van der Waals surface area contributed by atoms with E-state index in [0.717, 1.165) is 30.5 Å². The predicted molar refractivity (Wildman–Crippen MR) is 119 cm³/mol. The summed E-state index contributed by atoms with van der Waals surface area (Å²) in [6.07, 6.45) is 3.18. The molecule has 1 fully saturated rings. The number of hydrogen-bond acceptors (Lipinski definition) is 4. The van der Waals surface area contributed by atoms with Gasteiger partial charge >= 0.3 is 0 Å². The Morgan fingerprint density at radius 1 is 1.16 bits per heavy atom. The first-order valence-corrected chi connectivity index (χ1v) is 10.8. The Labute approximate surface area is 181 Å². The Kier molecular flexibility index (Phi) is 6.47. The van der Waals surface area contributed by atoms with Crippen molar-refractivity contribution >= 4 is 0 Å². The largest absolute Gasteiger partial charge is 0.508 e. The van der Waals surface area contributed by atoms with Crippen LogP contribution in [0, 0.1) is 17.7 Å². The van der Waals surface area contributed by atoms with Crippen molar-refractivity contribution in [3.63, 3.8) is 0 Å². The topological polar surface area (TPSA) is 67.2 Å². The summed E-state index contributed by atoms with van der Waals surface area (Å²) in [4.78, 5) is 12.3. The van der Waals surface area contributed by atoms with Gasteiger partial charge in [-0.3, -0.25) is 4.79 Å². The molecule has 6 heteroatoms. The number of hydrogen-bond donors (Lipinski definition) is 2. The number of benzene rings is 2. The quantitative estimate of drug-likeness (QED) is 0.637. The Balaban J connectivity index is 1.66. The van der Waals surface area contributed by atoms with Gasteiger partial charge in [0, 0.05) is 37.3 Å². The maximum atomic E-state index is 13.7. The van der Waals surface area contributed by atoms with Crippen LogP contribution >= 0.6 is 0 Å². The van der Waals surface area contributed by atoms with Crippen molar-refractivity contribution in [3.05, 3.63) is 94.2 Å². The third kappa shape index (κ3) is 4.85. The number of nitrogens with one attached hydrogen (secondary N) is 1. The number of rotatable bonds is 6. The lowest BCUT2D eigenvalue weighted by molar-refractivity contribution is 0.146. The van der Waals surface area contributed by atoms with Gasteiger partial charge in [0.25, 0.3) is 5.56 Å². The van der Waals surface area contributed by atoms with Crippen LogP contribution in [-0.2, 0) is 13.0 Å². The summed E-state index contributed by atoms with van der Waals surface area (Å²) >= 11 is 0. The van der Waals surface area contributed by atoms with Gasteiger partial charge in [0.15, 0.2) is 0 Å². The SMILES string of the molecule is CC1NCC(Cn2ncccc2=O)C(CCc2cccc(F)c2)C1c1ccccc1O. The molecule has 2 aromatic carbocycles. The van der Waals surface area contributed by atoms with E-state index >= 15 is 0 Å². The number of aryl methyl sites for hydroxylation is 1. The van der Waals surface area contributed by atoms with Gasteiger partial charge in [0.1, 0.15) is 11.6 Å². The Morgan fingerprint density at radius 2 is 2.00 bits per heavy atom. The Bertz CT molecular complexity index is 1080. The molecule has 0 saturated carbocycles. The van der Waals surface area contributed by atoms with Crippen LogP contribution in [0.5, 0.6) is 5.75 Å². The van der Waals surface area contributed by atoms with Crippen LogP contribution in [-0.4, -0.2) is 27.5 Å². The molecule has 1 aliphatic heterocycles. The summed E-state index contributed by atoms with van der Waals surface area (Å²) in [7, 11) is 0. The van der Waals surface area contributed by atoms with Gasteiger partial charge in [-0.15, -0.1) is 0 Å². The zero-order valence-electron chi connectivity index (χ0n) is 17.6. The minimum Gasteiger partial charge on any atom is -0.508 e. The summed E-state index contributed by atoms with van der Waals surface area (Å²) in [6.45, 7) is 3.38. The normalized spacial score (nSPS) is 23.5. The fourth-order valence-corrected chi connectivity index (χ4v) is 4.94. The number of nitrogens with zero attached hydrogens (tertiary/aromatic N) is 2. The number of phenolic OH excluding ortho intramolecular Hbond substituents is 1. The van der Waals surface area contributed by atoms with E-state index in [1.54, 1.807) is 30.5 Å². The molecule has 31 heavy (non-hydrogen) atoms. The van der Waals surface area contributed by atoms with Crippen LogP contribution in [0.2, 0.25) is 0 Å². The number of aromatic nitrogens is 2. The number of phenols is 1. The first-order valence-electron chi connectivity index (χ1n) is 10.8. The van der Waals surface area contributed by atoms with Crippen molar-refractivity contribution in [2.75, 3.05) is 6.54 Å². The highest BCUT2D eigenvalue weighted by atomic mass is 19.1. The summed E-state index contributed by atoms with van der Waals surface area (Å²) in [5.74, 6) is 0.439. The Morgan fingerprint density at radius 3 is 2.77 bits per heavy atom. The van der Waals surface area contributed by atoms with E-state index in [1.807, 2.05) is 24.3 Å². The molecular weight excluding hydrogens is 393 g/mol. The number of para-hydroxylation sites is 1. The fraction of sp³-hybridized carbons (Fsp3) is 0.360. The molecule has 4 atom stereocenters. The second kappa shape index (κ2) is 9.43. The first-order chi connectivity index (χ1) is 15.0. The number of halogens is 1. The second-order valence-corrected chi connectivity index (χ2v) is 8.42. The molecule has 2 N–H and O–H groups in total. The van der Waals surface area contributed by atoms with Crippen LogP contribution < -0.4 is 10.9 Å². The zero-order valence-corrected chi connectivity index (χ0v) is 17.6. The van der Waals surface area contributed by atoms with Crippen LogP contribution in [0.3, 0.4) is 0 Å². The van der Waals surface area contributed by atoms with E-state index in [4.69, 9.17) is 0 Å². The van der Waals surface area contributed by atoms with E-state index in [1.165, 1.54) is 16.8 Å². The second-order valence-electron chi connectivity index (χ2n) is 8.42. The molecule has 1 aliphatic rings. The molecule has 3 aromatic rings. The lowest BCUT2D eigenvalue weighted by atomic mass is 9.69. The molecule has 0 spiro atoms. The molecule has 162 valence electrons. The molecule has 2 heterocycles. The van der Waals surface area contributed by atoms with Crippen LogP contribution in [0.4, 0.5) is 4.39 Å². The highest BCUT2D eigenvalue weighted by molar-refractivity contribution is 5.37. The van der Waals surface area contributed by atoms with Crippen LogP contribution in [0.15, 0.2) is 71.7 Å². The van der Waals surface area contributed by atoms with Gasteiger partial charge in [-0.2, -0.15) is 5.10 Å². The molecule has 4 rings (SSSR count). The van der Waals surface area contributed by atoms with Crippen molar-refractivity contribution in [1.29, 1.82) is 0 Å². The van der Waals surface area contributed by atoms with Crippen molar-refractivity contribution in [2.24, 2.45) is 11.8 Å². The third-order valence-electron chi connectivity index (χ3n) is 6.45. The minimum absolute atomic E-state index is 0.0629. The minimum atomic E-state index is -0.231. The van der Waals surface area contributed by atoms with E-state index in [-0.39, 0.29) is 40.9 Å². The lowest BCUT2D eigenvalue weighted by Gasteiger charge is -2.43. The number of aromatic hydroxyl groups is 1. The van der Waals surface area contributed by atoms with Crippen molar-refractivity contribution < 1.29 is 9.50 Å². The third-order valence-corrected chi connectivity index (χ3v) is 6.45. The average Bonchev–Trinajstić information content (AvgIpc) is 2.76. The maximum absolute atomic E-state index is 13.7. The maximum Gasteiger partial charge on any atom is 0.266 e. The highest BCUT2D eigenvalue weighted by Gasteiger charge is 2.39. The van der Waals surface area contributed by atoms with Gasteiger partial charge in [-0.25, -0.2) is 9.07 Å². The van der Waals surface area contributed by atoms with E-state index in [9.17, 15) is 14.3 Å². The molecule has 5 nitrogen and oxygen atoms in total. The summed E-state index contributed by atoms with van der Waals surface area (Å²) in [5.41, 5.74) is 1.74. The smallest absolute Gasteiger partial charge is 0.266 e. The van der Waals surface area contributed by atoms with Crippen molar-refractivity contribution in [1.82, 2.24) is 15.1 Å². The standard InChI is InChI=1S/C25H28FN3O2/c1-17-25(22-8-2-3-9-23(22)30)21(12-11-18-6-4-7-20(26)14-18)19(15-27-17)16-29-24(31)10-5-13-28-29/h2-10,13-14,17,19,21,25,27,30H,11-12,15-16H2,1H3. The van der Waals surface area contributed by atoms with E-state index < -0.39 is 0 Å². The van der Waals surface area contributed by atoms with Crippen LogP contribution in [0.25, 0.3) is 0 Å². The molecule has 4 unspecified atom stereocenters. The summed E-state index contributed by atoms with van der Waals surface area (Å²) < 4.78 is 15.2. The predicted octanol–water partition coefficient (Wildman–Crippen LogP) is 3.73. The van der Waals surface area contributed by atoms with Gasteiger partial charge < -0.3 is 10.4 Å². The van der Waals surface area contributed by atoms with Crippen LogP contribution in [0.1, 0.15) is 30.4 Å². The molecule has 0 amide bonds. The van der Waals surface area contributed by atoms with Crippen molar-refractivity contribution in [2.45, 2.75) is 38.3 Å². The lowest BCUT2D eigenvalue weighted by Crippen LogP contribution is -2.50. The van der Waals surface area contributed by atoms with Crippen molar-refractivity contribution in [3.8, 4) is 5.75 Å². The first kappa shape index (κ1) is 21.2. The van der Waals surface area contributed by atoms with E-state index in [0.29, 0.717) is 6.54 Å². The Hall–Kier alpha value is -2.99. The van der Waals surface area contributed by atoms with Gasteiger partial charge in [0.05, 0.1) is 0 Å². The molecule has 0 aliphatic carbocycles. The van der Waals surface area contributed by atoms with Gasteiger partial charge in [0.2, 0.25) is 0 Å². The molecular formula is C25H28FN3O2. The van der Waals surface area contributed by atoms with Gasteiger partial charge in [-0.05, 0) is 67.0 Å². The monoisotopic (exact) mass is 421 g/mol. The average molecular weight is 422 g/mol. The summed E-state index contributed by atoms with van der Waals surface area (Å²) in [5, 5.41) is 18.4. The molecule has 0 radical (unpaired) electrons. The number of piperidine rings is 1. The van der Waals surface area contributed by atoms with E-state index in [2.05, 4.69) is 17.3 Å². The fourth-order valence-electron chi connectivity index (χ4n) is 4.94. The molecule has 0 bridgehead atoms. The zero-order chi connectivity index (χ0) is 21.8. The molecule has 1 saturated heterocycles. The molecule has 1 aromatic heterocycles. The van der Waals surface area contributed by atoms with Gasteiger partial charge in [-0.1, -0.05) is 30.3 Å². The highest BCUT2D eigenvalue weighted by Crippen LogP contribution is 2.42. The summed E-state index contributed by atoms with van der Waals surface area (Å²) in [6, 6.07) is 17.5.